The molecule has 2 rings (SSSR count). The van der Waals surface area contributed by atoms with Gasteiger partial charge in [0.05, 0.1) is 0 Å². The van der Waals surface area contributed by atoms with Gasteiger partial charge in [-0.1, -0.05) is 29.4 Å². The van der Waals surface area contributed by atoms with Gasteiger partial charge in [-0.2, -0.15) is 4.98 Å². The van der Waals surface area contributed by atoms with E-state index in [0.717, 1.165) is 35.1 Å². The zero-order valence-electron chi connectivity index (χ0n) is 13.0. The molecule has 22 heavy (non-hydrogen) atoms. The van der Waals surface area contributed by atoms with Crippen LogP contribution >= 0.6 is 23.4 Å². The molecular formula is C16H20ClN3OS. The van der Waals surface area contributed by atoms with Crippen LogP contribution < -0.4 is 4.90 Å². The first-order valence-corrected chi connectivity index (χ1v) is 8.60. The molecule has 4 nitrogen and oxygen atoms in total. The maximum Gasteiger partial charge on any atom is 0.215 e. The lowest BCUT2D eigenvalue weighted by Crippen LogP contribution is -2.21. The standard InChI is InChI=1S/C16H20ClN3OS/c1-4-20(5-2)13-7-6-12(14(17)9-13)10-22-16-18-11(3)8-15(21)19-16/h6-9H,4-5,10H2,1-3H3,(H,18,19,21). The molecule has 0 aliphatic rings. The van der Waals surface area contributed by atoms with Crippen LogP contribution in [0.5, 0.6) is 5.88 Å². The van der Waals surface area contributed by atoms with E-state index in [-0.39, 0.29) is 5.88 Å². The van der Waals surface area contributed by atoms with Crippen LogP contribution in [0, 0.1) is 6.92 Å². The highest BCUT2D eigenvalue weighted by Gasteiger charge is 2.08. The van der Waals surface area contributed by atoms with Crippen LogP contribution in [0.25, 0.3) is 0 Å². The molecular weight excluding hydrogens is 318 g/mol. The van der Waals surface area contributed by atoms with E-state index < -0.39 is 0 Å². The first kappa shape index (κ1) is 16.9. The second kappa shape index (κ2) is 7.70. The van der Waals surface area contributed by atoms with Gasteiger partial charge in [0.2, 0.25) is 5.88 Å². The van der Waals surface area contributed by atoms with Crippen LogP contribution in [-0.4, -0.2) is 28.2 Å². The van der Waals surface area contributed by atoms with E-state index in [4.69, 9.17) is 11.6 Å². The Morgan fingerprint density at radius 1 is 1.18 bits per heavy atom. The minimum Gasteiger partial charge on any atom is -0.493 e. The van der Waals surface area contributed by atoms with Crippen molar-refractivity contribution in [2.45, 2.75) is 31.7 Å². The lowest BCUT2D eigenvalue weighted by Gasteiger charge is -2.21. The van der Waals surface area contributed by atoms with E-state index in [1.54, 1.807) is 0 Å². The summed E-state index contributed by atoms with van der Waals surface area (Å²) in [5.74, 6) is 0.665. The molecule has 6 heteroatoms. The fourth-order valence-electron chi connectivity index (χ4n) is 2.17. The zero-order valence-corrected chi connectivity index (χ0v) is 14.6. The van der Waals surface area contributed by atoms with Gasteiger partial charge in [0.15, 0.2) is 5.16 Å². The molecule has 0 atom stereocenters. The van der Waals surface area contributed by atoms with Gasteiger partial charge in [-0.15, -0.1) is 0 Å². The van der Waals surface area contributed by atoms with E-state index in [9.17, 15) is 5.11 Å². The highest BCUT2D eigenvalue weighted by Crippen LogP contribution is 2.29. The largest absolute Gasteiger partial charge is 0.493 e. The van der Waals surface area contributed by atoms with Crippen LogP contribution in [0.15, 0.2) is 29.4 Å². The third-order valence-corrected chi connectivity index (χ3v) is 4.59. The minimum atomic E-state index is -0.00187. The molecule has 1 aromatic carbocycles. The summed E-state index contributed by atoms with van der Waals surface area (Å²) in [6, 6.07) is 7.66. The fraction of sp³-hybridized carbons (Fsp3) is 0.375. The lowest BCUT2D eigenvalue weighted by molar-refractivity contribution is 0.444. The zero-order chi connectivity index (χ0) is 16.1. The molecule has 0 aliphatic carbocycles. The second-order valence-corrected chi connectivity index (χ2v) is 6.24. The molecule has 0 unspecified atom stereocenters. The molecule has 0 saturated carbocycles. The topological polar surface area (TPSA) is 49.2 Å². The molecule has 0 radical (unpaired) electrons. The Kier molecular flexibility index (Phi) is 5.91. The summed E-state index contributed by atoms with van der Waals surface area (Å²) in [4.78, 5) is 10.6. The molecule has 0 saturated heterocycles. The summed E-state index contributed by atoms with van der Waals surface area (Å²) < 4.78 is 0. The number of hydrogen-bond acceptors (Lipinski definition) is 5. The number of halogens is 1. The highest BCUT2D eigenvalue weighted by atomic mass is 35.5. The highest BCUT2D eigenvalue weighted by molar-refractivity contribution is 7.98. The van der Waals surface area contributed by atoms with Gasteiger partial charge in [0.25, 0.3) is 0 Å². The number of thioether (sulfide) groups is 1. The molecule has 1 N–H and O–H groups in total. The van der Waals surface area contributed by atoms with E-state index in [1.165, 1.54) is 17.8 Å². The van der Waals surface area contributed by atoms with Gasteiger partial charge >= 0.3 is 0 Å². The molecule has 118 valence electrons. The van der Waals surface area contributed by atoms with E-state index in [2.05, 4.69) is 34.8 Å². The van der Waals surface area contributed by atoms with Crippen LogP contribution in [0.2, 0.25) is 5.02 Å². The summed E-state index contributed by atoms with van der Waals surface area (Å²) in [5.41, 5.74) is 2.92. The summed E-state index contributed by atoms with van der Waals surface area (Å²) in [7, 11) is 0. The van der Waals surface area contributed by atoms with Crippen molar-refractivity contribution in [1.29, 1.82) is 0 Å². The van der Waals surface area contributed by atoms with E-state index in [1.807, 2.05) is 19.1 Å². The second-order valence-electron chi connectivity index (χ2n) is 4.89. The van der Waals surface area contributed by atoms with Gasteiger partial charge in [0, 0.05) is 41.3 Å². The molecule has 0 aliphatic heterocycles. The minimum absolute atomic E-state index is 0.00187. The fourth-order valence-corrected chi connectivity index (χ4v) is 3.39. The van der Waals surface area contributed by atoms with Crippen LogP contribution in [0.3, 0.4) is 0 Å². The first-order chi connectivity index (χ1) is 10.5. The molecule has 0 fully saturated rings. The van der Waals surface area contributed by atoms with Crippen LogP contribution in [0.4, 0.5) is 5.69 Å². The number of benzene rings is 1. The normalized spacial score (nSPS) is 10.7. The first-order valence-electron chi connectivity index (χ1n) is 7.24. The molecule has 1 aromatic heterocycles. The Labute approximate surface area is 140 Å². The number of hydrogen-bond donors (Lipinski definition) is 1. The summed E-state index contributed by atoms with van der Waals surface area (Å²) in [6.45, 7) is 8.00. The van der Waals surface area contributed by atoms with Crippen molar-refractivity contribution in [1.82, 2.24) is 9.97 Å². The Morgan fingerprint density at radius 3 is 2.50 bits per heavy atom. The van der Waals surface area contributed by atoms with Crippen molar-refractivity contribution in [2.75, 3.05) is 18.0 Å². The van der Waals surface area contributed by atoms with Crippen molar-refractivity contribution in [3.63, 3.8) is 0 Å². The number of anilines is 1. The summed E-state index contributed by atoms with van der Waals surface area (Å²) >= 11 is 7.85. The number of aryl methyl sites for hydroxylation is 1. The average molecular weight is 338 g/mol. The van der Waals surface area contributed by atoms with Crippen molar-refractivity contribution >= 4 is 29.1 Å². The van der Waals surface area contributed by atoms with Crippen LogP contribution in [0.1, 0.15) is 25.1 Å². The maximum atomic E-state index is 9.50. The average Bonchev–Trinajstić information content (AvgIpc) is 2.46. The van der Waals surface area contributed by atoms with Gasteiger partial charge in [-0.25, -0.2) is 4.98 Å². The van der Waals surface area contributed by atoms with E-state index in [0.29, 0.717) is 10.9 Å². The van der Waals surface area contributed by atoms with Crippen molar-refractivity contribution in [3.05, 3.63) is 40.5 Å². The Hall–Kier alpha value is -1.46. The predicted octanol–water partition coefficient (Wildman–Crippen LogP) is 4.28. The van der Waals surface area contributed by atoms with Crippen molar-refractivity contribution < 1.29 is 5.11 Å². The van der Waals surface area contributed by atoms with E-state index >= 15 is 0 Å². The molecule has 1 heterocycles. The SMILES string of the molecule is CCN(CC)c1ccc(CSc2nc(C)cc(O)n2)c(Cl)c1. The molecule has 2 aromatic rings. The number of rotatable bonds is 6. The summed E-state index contributed by atoms with van der Waals surface area (Å²) in [6.07, 6.45) is 0. The third-order valence-electron chi connectivity index (χ3n) is 3.34. The van der Waals surface area contributed by atoms with Gasteiger partial charge in [-0.3, -0.25) is 0 Å². The Morgan fingerprint density at radius 2 is 1.91 bits per heavy atom. The predicted molar refractivity (Wildman–Crippen MR) is 93.0 cm³/mol. The van der Waals surface area contributed by atoms with Gasteiger partial charge < -0.3 is 10.0 Å². The number of nitrogens with zero attached hydrogens (tertiary/aromatic N) is 3. The monoisotopic (exact) mass is 337 g/mol. The quantitative estimate of drug-likeness (QED) is 0.629. The number of aromatic hydroxyl groups is 1. The van der Waals surface area contributed by atoms with Gasteiger partial charge in [-0.05, 0) is 38.5 Å². The smallest absolute Gasteiger partial charge is 0.215 e. The third kappa shape index (κ3) is 4.27. The molecule has 0 amide bonds. The summed E-state index contributed by atoms with van der Waals surface area (Å²) in [5, 5.41) is 10.8. The van der Waals surface area contributed by atoms with Gasteiger partial charge in [0.1, 0.15) is 0 Å². The Balaban J connectivity index is 2.10. The lowest BCUT2D eigenvalue weighted by atomic mass is 10.2. The van der Waals surface area contributed by atoms with Crippen molar-refractivity contribution in [2.24, 2.45) is 0 Å². The molecule has 0 bridgehead atoms. The Bertz CT molecular complexity index is 627. The van der Waals surface area contributed by atoms with Crippen LogP contribution in [-0.2, 0) is 5.75 Å². The maximum absolute atomic E-state index is 9.50. The van der Waals surface area contributed by atoms with Crippen molar-refractivity contribution in [3.8, 4) is 5.88 Å². The molecule has 0 spiro atoms. The number of aromatic nitrogens is 2.